The molecule has 3 heteroatoms. The molecule has 0 aliphatic carbocycles. The Bertz CT molecular complexity index is 449. The summed E-state index contributed by atoms with van der Waals surface area (Å²) in [4.78, 5) is 5.25. The van der Waals surface area contributed by atoms with Gasteiger partial charge in [0.25, 0.3) is 5.82 Å². The largest absolute Gasteiger partial charge is 0.378 e. The Morgan fingerprint density at radius 3 is 2.41 bits per heavy atom. The van der Waals surface area contributed by atoms with Crippen LogP contribution in [0.3, 0.4) is 0 Å². The Hall–Kier alpha value is -2.03. The molecule has 0 saturated carbocycles. The Balaban J connectivity index is 1.96. The quantitative estimate of drug-likeness (QED) is 0.869. The summed E-state index contributed by atoms with van der Waals surface area (Å²) in [7, 11) is 4.10. The van der Waals surface area contributed by atoms with Crippen molar-refractivity contribution in [3.05, 3.63) is 54.2 Å². The molecule has 0 aliphatic rings. The molecule has 0 spiro atoms. The number of nitrogens with one attached hydrogen (secondary N) is 2. The summed E-state index contributed by atoms with van der Waals surface area (Å²) >= 11 is 0. The van der Waals surface area contributed by atoms with Gasteiger partial charge in [-0.15, -0.1) is 0 Å². The van der Waals surface area contributed by atoms with E-state index in [2.05, 4.69) is 39.5 Å². The molecule has 0 amide bonds. The van der Waals surface area contributed by atoms with Crippen LogP contribution in [0.1, 0.15) is 5.56 Å². The normalized spacial score (nSPS) is 10.0. The molecular weight excluding hydrogens is 210 g/mol. The lowest BCUT2D eigenvalue weighted by molar-refractivity contribution is -0.361. The third-order valence-electron chi connectivity index (χ3n) is 2.64. The minimum Gasteiger partial charge on any atom is -0.378 e. The number of aromatic amines is 1. The van der Waals surface area contributed by atoms with E-state index in [0.29, 0.717) is 0 Å². The highest BCUT2D eigenvalue weighted by molar-refractivity contribution is 5.46. The summed E-state index contributed by atoms with van der Waals surface area (Å²) < 4.78 is 0. The predicted molar refractivity (Wildman–Crippen MR) is 71.1 cm³/mol. The molecule has 3 nitrogen and oxygen atoms in total. The van der Waals surface area contributed by atoms with Crippen molar-refractivity contribution in [1.82, 2.24) is 0 Å². The van der Waals surface area contributed by atoms with Crippen molar-refractivity contribution in [3.63, 3.8) is 0 Å². The molecule has 17 heavy (non-hydrogen) atoms. The highest BCUT2D eigenvalue weighted by atomic mass is 15.1. The average molecular weight is 228 g/mol. The summed E-state index contributed by atoms with van der Waals surface area (Å²) in [6, 6.07) is 14.5. The Kier molecular flexibility index (Phi) is 3.60. The van der Waals surface area contributed by atoms with Crippen LogP contribution in [-0.4, -0.2) is 14.1 Å². The van der Waals surface area contributed by atoms with Gasteiger partial charge in [0.15, 0.2) is 0 Å². The molecule has 1 aromatic carbocycles. The molecule has 0 radical (unpaired) electrons. The first kappa shape index (κ1) is 11.5. The van der Waals surface area contributed by atoms with Gasteiger partial charge in [-0.05, 0) is 23.8 Å². The van der Waals surface area contributed by atoms with Crippen LogP contribution in [-0.2, 0) is 6.54 Å². The Morgan fingerprint density at radius 1 is 1.06 bits per heavy atom. The van der Waals surface area contributed by atoms with Crippen molar-refractivity contribution in [2.45, 2.75) is 6.54 Å². The fraction of sp³-hybridized carbons (Fsp3) is 0.214. The third-order valence-corrected chi connectivity index (χ3v) is 2.64. The van der Waals surface area contributed by atoms with Gasteiger partial charge in [0, 0.05) is 25.8 Å². The van der Waals surface area contributed by atoms with E-state index >= 15 is 0 Å². The van der Waals surface area contributed by atoms with E-state index in [0.717, 1.165) is 12.4 Å². The SMILES string of the molecule is CN(C)c1ccc(CNc2cccc[nH+]2)cc1. The lowest BCUT2D eigenvalue weighted by atomic mass is 10.2. The van der Waals surface area contributed by atoms with Gasteiger partial charge < -0.3 is 4.90 Å². The lowest BCUT2D eigenvalue weighted by Crippen LogP contribution is -2.12. The monoisotopic (exact) mass is 228 g/mol. The maximum absolute atomic E-state index is 3.34. The van der Waals surface area contributed by atoms with E-state index in [1.165, 1.54) is 11.3 Å². The van der Waals surface area contributed by atoms with Gasteiger partial charge in [-0.3, -0.25) is 5.32 Å². The van der Waals surface area contributed by atoms with Gasteiger partial charge >= 0.3 is 0 Å². The molecule has 88 valence electrons. The lowest BCUT2D eigenvalue weighted by Gasteiger charge is -2.12. The number of anilines is 2. The first-order valence-electron chi connectivity index (χ1n) is 5.72. The Labute approximate surface area is 102 Å². The van der Waals surface area contributed by atoms with Crippen molar-refractivity contribution in [3.8, 4) is 0 Å². The van der Waals surface area contributed by atoms with Crippen molar-refractivity contribution in [2.24, 2.45) is 0 Å². The third kappa shape index (κ3) is 3.21. The molecule has 2 aromatic rings. The van der Waals surface area contributed by atoms with Crippen LogP contribution < -0.4 is 15.2 Å². The molecular formula is C14H18N3+. The Morgan fingerprint density at radius 2 is 1.82 bits per heavy atom. The van der Waals surface area contributed by atoms with Gasteiger partial charge in [-0.25, -0.2) is 4.98 Å². The summed E-state index contributed by atoms with van der Waals surface area (Å²) in [5, 5.41) is 3.34. The van der Waals surface area contributed by atoms with E-state index in [1.807, 2.05) is 38.5 Å². The second-order valence-corrected chi connectivity index (χ2v) is 4.19. The zero-order valence-corrected chi connectivity index (χ0v) is 10.3. The molecule has 2 rings (SSSR count). The maximum Gasteiger partial charge on any atom is 0.272 e. The van der Waals surface area contributed by atoms with Crippen LogP contribution in [0.15, 0.2) is 48.7 Å². The molecule has 0 unspecified atom stereocenters. The zero-order chi connectivity index (χ0) is 12.1. The summed E-state index contributed by atoms with van der Waals surface area (Å²) in [5.41, 5.74) is 2.49. The first-order valence-corrected chi connectivity index (χ1v) is 5.72. The van der Waals surface area contributed by atoms with Crippen LogP contribution in [0.25, 0.3) is 0 Å². The van der Waals surface area contributed by atoms with Crippen molar-refractivity contribution >= 4 is 11.5 Å². The van der Waals surface area contributed by atoms with Gasteiger partial charge in [0.2, 0.25) is 0 Å². The smallest absolute Gasteiger partial charge is 0.272 e. The van der Waals surface area contributed by atoms with Gasteiger partial charge in [0.1, 0.15) is 6.54 Å². The van der Waals surface area contributed by atoms with Crippen LogP contribution in [0.4, 0.5) is 11.5 Å². The second kappa shape index (κ2) is 5.34. The number of aromatic nitrogens is 1. The number of hydrogen-bond acceptors (Lipinski definition) is 2. The highest BCUT2D eigenvalue weighted by Crippen LogP contribution is 2.12. The number of benzene rings is 1. The van der Waals surface area contributed by atoms with E-state index < -0.39 is 0 Å². The average Bonchev–Trinajstić information content (AvgIpc) is 2.38. The van der Waals surface area contributed by atoms with E-state index in [-0.39, 0.29) is 0 Å². The van der Waals surface area contributed by atoms with Crippen molar-refractivity contribution in [2.75, 3.05) is 24.3 Å². The minimum atomic E-state index is 0.828. The fourth-order valence-corrected chi connectivity index (χ4v) is 1.61. The van der Waals surface area contributed by atoms with E-state index in [1.54, 1.807) is 0 Å². The van der Waals surface area contributed by atoms with Crippen LogP contribution in [0.2, 0.25) is 0 Å². The van der Waals surface area contributed by atoms with E-state index in [4.69, 9.17) is 0 Å². The van der Waals surface area contributed by atoms with Crippen LogP contribution in [0, 0.1) is 0 Å². The zero-order valence-electron chi connectivity index (χ0n) is 10.3. The second-order valence-electron chi connectivity index (χ2n) is 4.19. The first-order chi connectivity index (χ1) is 8.25. The summed E-state index contributed by atoms with van der Waals surface area (Å²) in [6.07, 6.45) is 1.91. The van der Waals surface area contributed by atoms with Crippen molar-refractivity contribution < 1.29 is 4.98 Å². The highest BCUT2D eigenvalue weighted by Gasteiger charge is 2.00. The van der Waals surface area contributed by atoms with E-state index in [9.17, 15) is 0 Å². The molecule has 1 aromatic heterocycles. The van der Waals surface area contributed by atoms with Gasteiger partial charge in [0.05, 0.1) is 6.20 Å². The summed E-state index contributed by atoms with van der Waals surface area (Å²) in [6.45, 7) is 0.828. The number of rotatable bonds is 4. The van der Waals surface area contributed by atoms with Crippen LogP contribution >= 0.6 is 0 Å². The number of H-pyrrole nitrogens is 1. The van der Waals surface area contributed by atoms with Gasteiger partial charge in [-0.1, -0.05) is 18.2 Å². The topological polar surface area (TPSA) is 29.4 Å². The predicted octanol–water partition coefficient (Wildman–Crippen LogP) is 2.18. The molecule has 0 saturated heterocycles. The fourth-order valence-electron chi connectivity index (χ4n) is 1.61. The molecule has 0 fully saturated rings. The molecule has 1 heterocycles. The summed E-state index contributed by atoms with van der Waals surface area (Å²) in [5.74, 6) is 1.03. The van der Waals surface area contributed by atoms with Gasteiger partial charge in [-0.2, -0.15) is 0 Å². The molecule has 0 atom stereocenters. The van der Waals surface area contributed by atoms with Crippen molar-refractivity contribution in [1.29, 1.82) is 0 Å². The maximum atomic E-state index is 3.34. The molecule has 0 bridgehead atoms. The minimum absolute atomic E-state index is 0.828. The molecule has 2 N–H and O–H groups in total. The number of pyridine rings is 1. The number of hydrogen-bond donors (Lipinski definition) is 1. The molecule has 0 aliphatic heterocycles. The number of nitrogens with zero attached hydrogens (tertiary/aromatic N) is 1. The standard InChI is InChI=1S/C14H17N3/c1-17(2)13-8-6-12(7-9-13)11-16-14-5-3-4-10-15-14/h3-10H,11H2,1-2H3,(H,15,16)/p+1. The van der Waals surface area contributed by atoms with Crippen LogP contribution in [0.5, 0.6) is 0 Å².